The molecule has 18 heavy (non-hydrogen) atoms. The Hall–Kier alpha value is -1.80. The average Bonchev–Trinajstić information content (AvgIpc) is 2.87. The van der Waals surface area contributed by atoms with E-state index in [1.54, 1.807) is 12.3 Å². The molecule has 0 spiro atoms. The van der Waals surface area contributed by atoms with Crippen LogP contribution in [-0.2, 0) is 6.42 Å². The van der Waals surface area contributed by atoms with Crippen LogP contribution in [0.25, 0.3) is 0 Å². The molecule has 1 aliphatic rings. The summed E-state index contributed by atoms with van der Waals surface area (Å²) < 4.78 is 5.28. The highest BCUT2D eigenvalue weighted by Crippen LogP contribution is 2.15. The molecule has 2 rings (SSSR count). The SMILES string of the molecule is CCc1occc1C(=O)N1CCN(CC#N)CC1. The van der Waals surface area contributed by atoms with E-state index >= 15 is 0 Å². The first kappa shape index (κ1) is 12.7. The number of hydrogen-bond donors (Lipinski definition) is 0. The van der Waals surface area contributed by atoms with E-state index in [9.17, 15) is 4.79 Å². The smallest absolute Gasteiger partial charge is 0.257 e. The van der Waals surface area contributed by atoms with Crippen LogP contribution in [0.1, 0.15) is 23.0 Å². The molecule has 1 amide bonds. The number of aryl methyl sites for hydroxylation is 1. The summed E-state index contributed by atoms with van der Waals surface area (Å²) in [7, 11) is 0. The van der Waals surface area contributed by atoms with Crippen LogP contribution in [0.2, 0.25) is 0 Å². The van der Waals surface area contributed by atoms with Gasteiger partial charge < -0.3 is 9.32 Å². The van der Waals surface area contributed by atoms with Crippen LogP contribution < -0.4 is 0 Å². The lowest BCUT2D eigenvalue weighted by molar-refractivity contribution is 0.0649. The highest BCUT2D eigenvalue weighted by atomic mass is 16.3. The molecule has 0 radical (unpaired) electrons. The Morgan fingerprint density at radius 1 is 1.44 bits per heavy atom. The van der Waals surface area contributed by atoms with Crippen LogP contribution in [0.4, 0.5) is 0 Å². The largest absolute Gasteiger partial charge is 0.469 e. The van der Waals surface area contributed by atoms with Crippen molar-refractivity contribution in [3.05, 3.63) is 23.7 Å². The maximum Gasteiger partial charge on any atom is 0.257 e. The number of carbonyl (C=O) groups excluding carboxylic acids is 1. The first-order valence-corrected chi connectivity index (χ1v) is 6.21. The highest BCUT2D eigenvalue weighted by molar-refractivity contribution is 5.95. The Balaban J connectivity index is 1.98. The van der Waals surface area contributed by atoms with E-state index in [4.69, 9.17) is 9.68 Å². The lowest BCUT2D eigenvalue weighted by atomic mass is 10.1. The van der Waals surface area contributed by atoms with Crippen molar-refractivity contribution in [2.75, 3.05) is 32.7 Å². The van der Waals surface area contributed by atoms with Crippen molar-refractivity contribution in [3.63, 3.8) is 0 Å². The average molecular weight is 247 g/mol. The summed E-state index contributed by atoms with van der Waals surface area (Å²) >= 11 is 0. The van der Waals surface area contributed by atoms with Gasteiger partial charge in [0.1, 0.15) is 5.76 Å². The van der Waals surface area contributed by atoms with Crippen molar-refractivity contribution in [3.8, 4) is 6.07 Å². The number of nitrogens with zero attached hydrogens (tertiary/aromatic N) is 3. The third kappa shape index (κ3) is 2.54. The molecule has 0 aliphatic carbocycles. The zero-order valence-electron chi connectivity index (χ0n) is 10.6. The minimum Gasteiger partial charge on any atom is -0.469 e. The van der Waals surface area contributed by atoms with Gasteiger partial charge in [0.2, 0.25) is 0 Å². The third-order valence-corrected chi connectivity index (χ3v) is 3.25. The van der Waals surface area contributed by atoms with Gasteiger partial charge in [-0.2, -0.15) is 5.26 Å². The molecule has 0 atom stereocenters. The van der Waals surface area contributed by atoms with E-state index in [0.717, 1.165) is 25.3 Å². The number of amides is 1. The Bertz CT molecular complexity index is 453. The lowest BCUT2D eigenvalue weighted by Crippen LogP contribution is -2.48. The molecule has 5 heteroatoms. The minimum absolute atomic E-state index is 0.0391. The molecule has 1 saturated heterocycles. The van der Waals surface area contributed by atoms with Gasteiger partial charge in [-0.1, -0.05) is 6.92 Å². The molecule has 96 valence electrons. The summed E-state index contributed by atoms with van der Waals surface area (Å²) in [6.45, 7) is 5.29. The Labute approximate surface area is 107 Å². The van der Waals surface area contributed by atoms with Crippen LogP contribution in [-0.4, -0.2) is 48.4 Å². The second-order valence-electron chi connectivity index (χ2n) is 4.34. The molecule has 0 bridgehead atoms. The summed E-state index contributed by atoms with van der Waals surface area (Å²) in [6, 6.07) is 3.87. The number of carbonyl (C=O) groups is 1. The van der Waals surface area contributed by atoms with Crippen molar-refractivity contribution in [2.24, 2.45) is 0 Å². The van der Waals surface area contributed by atoms with Gasteiger partial charge in [-0.25, -0.2) is 0 Å². The van der Waals surface area contributed by atoms with E-state index in [0.29, 0.717) is 25.2 Å². The van der Waals surface area contributed by atoms with Gasteiger partial charge in [0.15, 0.2) is 0 Å². The van der Waals surface area contributed by atoms with E-state index in [-0.39, 0.29) is 5.91 Å². The summed E-state index contributed by atoms with van der Waals surface area (Å²) in [5, 5.41) is 8.63. The molecule has 2 heterocycles. The summed E-state index contributed by atoms with van der Waals surface area (Å²) in [5.74, 6) is 0.789. The molecule has 0 N–H and O–H groups in total. The first-order chi connectivity index (χ1) is 8.76. The molecular weight excluding hydrogens is 230 g/mol. The first-order valence-electron chi connectivity index (χ1n) is 6.21. The maximum atomic E-state index is 12.3. The molecule has 1 aromatic rings. The van der Waals surface area contributed by atoms with Gasteiger partial charge in [0.25, 0.3) is 5.91 Å². The second-order valence-corrected chi connectivity index (χ2v) is 4.34. The van der Waals surface area contributed by atoms with Crippen LogP contribution >= 0.6 is 0 Å². The Kier molecular flexibility index (Phi) is 4.00. The molecule has 0 saturated carbocycles. The van der Waals surface area contributed by atoms with Gasteiger partial charge in [0.05, 0.1) is 24.4 Å². The number of piperazine rings is 1. The fraction of sp³-hybridized carbons (Fsp3) is 0.538. The normalized spacial score (nSPS) is 16.6. The summed E-state index contributed by atoms with van der Waals surface area (Å²) in [6.07, 6.45) is 2.29. The zero-order valence-corrected chi connectivity index (χ0v) is 10.6. The van der Waals surface area contributed by atoms with Gasteiger partial charge in [-0.3, -0.25) is 9.69 Å². The van der Waals surface area contributed by atoms with Crippen molar-refractivity contribution in [1.29, 1.82) is 5.26 Å². The maximum absolute atomic E-state index is 12.3. The van der Waals surface area contributed by atoms with E-state index in [1.165, 1.54) is 0 Å². The van der Waals surface area contributed by atoms with Crippen molar-refractivity contribution in [1.82, 2.24) is 9.80 Å². The molecule has 1 fully saturated rings. The van der Waals surface area contributed by atoms with Crippen LogP contribution in [0.3, 0.4) is 0 Å². The van der Waals surface area contributed by atoms with Crippen molar-refractivity contribution < 1.29 is 9.21 Å². The highest BCUT2D eigenvalue weighted by Gasteiger charge is 2.24. The summed E-state index contributed by atoms with van der Waals surface area (Å²) in [5.41, 5.74) is 0.672. The van der Waals surface area contributed by atoms with Gasteiger partial charge in [-0.05, 0) is 6.07 Å². The molecule has 0 unspecified atom stereocenters. The quantitative estimate of drug-likeness (QED) is 0.751. The lowest BCUT2D eigenvalue weighted by Gasteiger charge is -2.33. The van der Waals surface area contributed by atoms with E-state index < -0.39 is 0 Å². The fourth-order valence-corrected chi connectivity index (χ4v) is 2.18. The number of hydrogen-bond acceptors (Lipinski definition) is 4. The summed E-state index contributed by atoms with van der Waals surface area (Å²) in [4.78, 5) is 16.2. The topological polar surface area (TPSA) is 60.5 Å². The molecular formula is C13H17N3O2. The van der Waals surface area contributed by atoms with Gasteiger partial charge in [-0.15, -0.1) is 0 Å². The Morgan fingerprint density at radius 3 is 2.78 bits per heavy atom. The molecule has 1 aromatic heterocycles. The second kappa shape index (κ2) is 5.69. The number of nitriles is 1. The number of rotatable bonds is 3. The van der Waals surface area contributed by atoms with E-state index in [2.05, 4.69) is 11.0 Å². The predicted octanol–water partition coefficient (Wildman–Crippen LogP) is 1.12. The predicted molar refractivity (Wildman–Crippen MR) is 66.0 cm³/mol. The monoisotopic (exact) mass is 247 g/mol. The van der Waals surface area contributed by atoms with Crippen LogP contribution in [0.5, 0.6) is 0 Å². The Morgan fingerprint density at radius 2 is 2.17 bits per heavy atom. The minimum atomic E-state index is 0.0391. The molecule has 5 nitrogen and oxygen atoms in total. The van der Waals surface area contributed by atoms with Crippen molar-refractivity contribution in [2.45, 2.75) is 13.3 Å². The standard InChI is InChI=1S/C13H17N3O2/c1-2-12-11(3-10-18-12)13(17)16-8-6-15(5-4-14)7-9-16/h3,10H,2,5-9H2,1H3. The molecule has 1 aliphatic heterocycles. The van der Waals surface area contributed by atoms with Crippen LogP contribution in [0, 0.1) is 11.3 Å². The number of furan rings is 1. The van der Waals surface area contributed by atoms with Gasteiger partial charge >= 0.3 is 0 Å². The van der Waals surface area contributed by atoms with Crippen LogP contribution in [0.15, 0.2) is 16.7 Å². The fourth-order valence-electron chi connectivity index (χ4n) is 2.18. The third-order valence-electron chi connectivity index (χ3n) is 3.25. The van der Waals surface area contributed by atoms with Gasteiger partial charge in [0, 0.05) is 32.6 Å². The van der Waals surface area contributed by atoms with E-state index in [1.807, 2.05) is 11.8 Å². The zero-order chi connectivity index (χ0) is 13.0. The molecule has 0 aromatic carbocycles. The van der Waals surface area contributed by atoms with Crippen molar-refractivity contribution >= 4 is 5.91 Å².